The van der Waals surface area contributed by atoms with Gasteiger partial charge in [-0.1, -0.05) is 0 Å². The fourth-order valence-corrected chi connectivity index (χ4v) is 5.06. The molecule has 1 saturated carbocycles. The smallest absolute Gasteiger partial charge is 0.148 e. The van der Waals surface area contributed by atoms with E-state index in [1.807, 2.05) is 35.1 Å². The molecule has 0 saturated heterocycles. The Morgan fingerprint density at radius 2 is 1.77 bits per heavy atom. The van der Waals surface area contributed by atoms with Crippen LogP contribution in [0.25, 0.3) is 22.3 Å². The molecule has 0 atom stereocenters. The van der Waals surface area contributed by atoms with Gasteiger partial charge in [0, 0.05) is 67.2 Å². The monoisotopic (exact) mass is 564 g/mol. The normalized spacial score (nSPS) is 13.5. The molecule has 5 rings (SSSR count). The molecule has 212 valence electrons. The summed E-state index contributed by atoms with van der Waals surface area (Å²) < 4.78 is 35.4. The summed E-state index contributed by atoms with van der Waals surface area (Å²) in [5, 5.41) is 7.65. The predicted octanol–water partition coefficient (Wildman–Crippen LogP) is 4.08. The fourth-order valence-electron chi connectivity index (χ4n) is 4.54. The largest absolute Gasteiger partial charge is 0.497 e. The fraction of sp³-hybridized carbons (Fsp3) is 0.414. The molecule has 11 heteroatoms. The van der Waals surface area contributed by atoms with Crippen LogP contribution in [0, 0.1) is 5.92 Å². The van der Waals surface area contributed by atoms with Crippen molar-refractivity contribution in [3.8, 4) is 22.8 Å². The Balaban J connectivity index is 1.33. The summed E-state index contributed by atoms with van der Waals surface area (Å²) in [7, 11) is 0.387. The van der Waals surface area contributed by atoms with E-state index < -0.39 is 9.84 Å². The molecular formula is C29H36N6O4S. The first kappa shape index (κ1) is 27.9. The maximum absolute atomic E-state index is 11.2. The highest BCUT2D eigenvalue weighted by atomic mass is 32.2. The number of ether oxygens (including phenoxy) is 2. The molecule has 2 aromatic heterocycles. The van der Waals surface area contributed by atoms with E-state index in [1.165, 1.54) is 19.1 Å². The second kappa shape index (κ2) is 12.2. The summed E-state index contributed by atoms with van der Waals surface area (Å²) in [6.07, 6.45) is 10.1. The number of aryl methyl sites for hydroxylation is 1. The lowest BCUT2D eigenvalue weighted by Crippen LogP contribution is -2.24. The molecule has 1 aliphatic rings. The van der Waals surface area contributed by atoms with Gasteiger partial charge in [-0.15, -0.1) is 0 Å². The minimum absolute atomic E-state index is 0.146. The van der Waals surface area contributed by atoms with E-state index in [2.05, 4.69) is 32.4 Å². The highest BCUT2D eigenvalue weighted by Crippen LogP contribution is 2.38. The maximum Gasteiger partial charge on any atom is 0.148 e. The van der Waals surface area contributed by atoms with Gasteiger partial charge < -0.3 is 19.7 Å². The number of fused-ring (bicyclic) bond motifs is 1. The van der Waals surface area contributed by atoms with Crippen molar-refractivity contribution in [1.82, 2.24) is 25.1 Å². The zero-order valence-corrected chi connectivity index (χ0v) is 24.0. The quantitative estimate of drug-likeness (QED) is 0.226. The second-order valence-electron chi connectivity index (χ2n) is 10.3. The molecule has 0 aliphatic heterocycles. The molecular weight excluding hydrogens is 528 g/mol. The number of nitrogens with one attached hydrogen (secondary N) is 1. The Hall–Kier alpha value is -3.70. The van der Waals surface area contributed by atoms with Crippen molar-refractivity contribution in [2.75, 3.05) is 50.8 Å². The zero-order valence-electron chi connectivity index (χ0n) is 23.2. The average molecular weight is 565 g/mol. The van der Waals surface area contributed by atoms with Gasteiger partial charge in [-0.05, 0) is 49.9 Å². The van der Waals surface area contributed by atoms with E-state index in [4.69, 9.17) is 14.5 Å². The molecule has 10 nitrogen and oxygen atoms in total. The van der Waals surface area contributed by atoms with Crippen molar-refractivity contribution in [2.24, 2.45) is 5.92 Å². The van der Waals surface area contributed by atoms with Crippen LogP contribution in [0.1, 0.15) is 19.3 Å². The number of sulfone groups is 1. The third kappa shape index (κ3) is 7.28. The van der Waals surface area contributed by atoms with E-state index in [9.17, 15) is 8.42 Å². The summed E-state index contributed by atoms with van der Waals surface area (Å²) >= 11 is 0. The van der Waals surface area contributed by atoms with Crippen LogP contribution in [0.5, 0.6) is 11.5 Å². The molecule has 0 spiro atoms. The van der Waals surface area contributed by atoms with Crippen molar-refractivity contribution < 1.29 is 17.9 Å². The average Bonchev–Trinajstić information content (AvgIpc) is 3.66. The topological polar surface area (TPSA) is 111 Å². The molecule has 0 unspecified atom stereocenters. The molecule has 2 heterocycles. The number of hydrogen-bond acceptors (Lipinski definition) is 9. The lowest BCUT2D eigenvalue weighted by molar-refractivity contribution is 0.394. The molecule has 1 N–H and O–H groups in total. The Morgan fingerprint density at radius 1 is 1.00 bits per heavy atom. The molecule has 40 heavy (non-hydrogen) atoms. The molecule has 2 aromatic carbocycles. The van der Waals surface area contributed by atoms with Crippen LogP contribution >= 0.6 is 0 Å². The van der Waals surface area contributed by atoms with Crippen LogP contribution < -0.4 is 19.7 Å². The molecule has 0 amide bonds. The van der Waals surface area contributed by atoms with E-state index in [-0.39, 0.29) is 5.75 Å². The predicted molar refractivity (Wildman–Crippen MR) is 157 cm³/mol. The summed E-state index contributed by atoms with van der Waals surface area (Å²) in [6, 6.07) is 12.1. The number of anilines is 2. The van der Waals surface area contributed by atoms with E-state index in [1.54, 1.807) is 26.6 Å². The van der Waals surface area contributed by atoms with Gasteiger partial charge in [0.2, 0.25) is 0 Å². The van der Waals surface area contributed by atoms with Gasteiger partial charge in [0.05, 0.1) is 49.1 Å². The van der Waals surface area contributed by atoms with Crippen molar-refractivity contribution in [3.05, 3.63) is 55.0 Å². The zero-order chi connectivity index (χ0) is 28.1. The third-order valence-electron chi connectivity index (χ3n) is 6.94. The highest BCUT2D eigenvalue weighted by Gasteiger charge is 2.26. The van der Waals surface area contributed by atoms with Crippen LogP contribution in [0.2, 0.25) is 0 Å². The first-order valence-corrected chi connectivity index (χ1v) is 15.6. The number of nitrogens with zero attached hydrogens (tertiary/aromatic N) is 5. The van der Waals surface area contributed by atoms with E-state index in [0.717, 1.165) is 71.2 Å². The summed E-state index contributed by atoms with van der Waals surface area (Å²) in [6.45, 7) is 2.81. The van der Waals surface area contributed by atoms with Gasteiger partial charge in [-0.2, -0.15) is 5.10 Å². The van der Waals surface area contributed by atoms with E-state index >= 15 is 0 Å². The van der Waals surface area contributed by atoms with Crippen LogP contribution in [0.4, 0.5) is 11.4 Å². The molecule has 0 radical (unpaired) electrons. The SMILES string of the molecule is COc1cc(OC)cc(N(CC2CC2)c2ccc3ncc(-c4cnn(CCCNCCS(C)(=O)=O)c4)nc3c2)c1. The number of rotatable bonds is 14. The third-order valence-corrected chi connectivity index (χ3v) is 7.89. The van der Waals surface area contributed by atoms with Crippen LogP contribution in [0.3, 0.4) is 0 Å². The first-order chi connectivity index (χ1) is 19.3. The lowest BCUT2D eigenvalue weighted by Gasteiger charge is -2.26. The number of aromatic nitrogens is 4. The van der Waals surface area contributed by atoms with Gasteiger partial charge in [0.1, 0.15) is 21.3 Å². The number of methoxy groups -OCH3 is 2. The Labute approximate surface area is 235 Å². The Bertz CT molecular complexity index is 1550. The lowest BCUT2D eigenvalue weighted by atomic mass is 10.1. The van der Waals surface area contributed by atoms with Crippen LogP contribution in [-0.2, 0) is 16.4 Å². The van der Waals surface area contributed by atoms with Gasteiger partial charge in [0.25, 0.3) is 0 Å². The van der Waals surface area contributed by atoms with Gasteiger partial charge in [-0.25, -0.2) is 13.4 Å². The van der Waals surface area contributed by atoms with Crippen LogP contribution in [-0.4, -0.2) is 74.0 Å². The molecule has 1 fully saturated rings. The number of hydrogen-bond donors (Lipinski definition) is 1. The first-order valence-electron chi connectivity index (χ1n) is 13.5. The van der Waals surface area contributed by atoms with Gasteiger partial charge >= 0.3 is 0 Å². The van der Waals surface area contributed by atoms with Crippen LogP contribution in [0.15, 0.2) is 55.0 Å². The Kier molecular flexibility index (Phi) is 8.51. The van der Waals surface area contributed by atoms with Crippen molar-refractivity contribution in [2.45, 2.75) is 25.8 Å². The van der Waals surface area contributed by atoms with Crippen molar-refractivity contribution >= 4 is 32.2 Å². The minimum Gasteiger partial charge on any atom is -0.497 e. The number of benzene rings is 2. The summed E-state index contributed by atoms with van der Waals surface area (Å²) in [5.41, 5.74) is 5.36. The maximum atomic E-state index is 11.2. The highest BCUT2D eigenvalue weighted by molar-refractivity contribution is 7.90. The van der Waals surface area contributed by atoms with Crippen molar-refractivity contribution in [3.63, 3.8) is 0 Å². The molecule has 1 aliphatic carbocycles. The Morgan fingerprint density at radius 3 is 2.48 bits per heavy atom. The van der Waals surface area contributed by atoms with Crippen molar-refractivity contribution in [1.29, 1.82) is 0 Å². The van der Waals surface area contributed by atoms with Gasteiger partial charge in [-0.3, -0.25) is 9.67 Å². The van der Waals surface area contributed by atoms with E-state index in [0.29, 0.717) is 12.5 Å². The summed E-state index contributed by atoms with van der Waals surface area (Å²) in [5.74, 6) is 2.30. The molecule has 4 aromatic rings. The summed E-state index contributed by atoms with van der Waals surface area (Å²) in [4.78, 5) is 11.9. The minimum atomic E-state index is -2.94. The standard InChI is InChI=1S/C29H36N6O4S/c1-38-25-13-24(14-26(16-25)39-2)35(19-21-5-6-21)23-7-8-27-28(15-23)33-29(18-31-27)22-17-32-34(20-22)11-4-9-30-10-12-40(3,36)37/h7-8,13-18,20-21,30H,4-6,9-12,19H2,1-3H3. The van der Waals surface area contributed by atoms with Gasteiger partial charge in [0.15, 0.2) is 0 Å². The second-order valence-corrected chi connectivity index (χ2v) is 12.5. The molecule has 0 bridgehead atoms.